The summed E-state index contributed by atoms with van der Waals surface area (Å²) in [5.41, 5.74) is 0. The van der Waals surface area contributed by atoms with E-state index < -0.39 is 5.97 Å². The molecule has 0 aliphatic rings. The molecule has 94 valence electrons. The van der Waals surface area contributed by atoms with Crippen molar-refractivity contribution >= 4 is 27.5 Å². The Bertz CT molecular complexity index is 793. The first-order valence-corrected chi connectivity index (χ1v) is 5.95. The first-order valence-electron chi connectivity index (χ1n) is 5.95. The summed E-state index contributed by atoms with van der Waals surface area (Å²) in [6, 6.07) is 14.2. The molecule has 0 aromatic heterocycles. The van der Waals surface area contributed by atoms with Crippen molar-refractivity contribution in [3.63, 3.8) is 0 Å². The van der Waals surface area contributed by atoms with E-state index in [4.69, 9.17) is 4.74 Å². The Morgan fingerprint density at radius 1 is 1.05 bits per heavy atom. The summed E-state index contributed by atoms with van der Waals surface area (Å²) in [6.07, 6.45) is 0. The summed E-state index contributed by atoms with van der Waals surface area (Å²) in [5, 5.41) is 2.71. The van der Waals surface area contributed by atoms with Gasteiger partial charge in [-0.3, -0.25) is 4.79 Å². The first kappa shape index (κ1) is 11.7. The van der Waals surface area contributed by atoms with Gasteiger partial charge >= 0.3 is 5.97 Å². The fourth-order valence-electron chi connectivity index (χ4n) is 2.28. The van der Waals surface area contributed by atoms with Crippen LogP contribution in [0.15, 0.2) is 48.5 Å². The molecule has 3 aromatic carbocycles. The van der Waals surface area contributed by atoms with Gasteiger partial charge in [-0.15, -0.1) is 0 Å². The van der Waals surface area contributed by atoms with Gasteiger partial charge < -0.3 is 4.74 Å². The molecule has 0 aliphatic carbocycles. The molecule has 0 saturated heterocycles. The van der Waals surface area contributed by atoms with Gasteiger partial charge in [0.25, 0.3) is 0 Å². The Hall–Kier alpha value is -2.42. The number of rotatable bonds is 1. The van der Waals surface area contributed by atoms with E-state index in [1.807, 2.05) is 30.3 Å². The molecule has 0 amide bonds. The van der Waals surface area contributed by atoms with E-state index in [-0.39, 0.29) is 5.82 Å². The lowest BCUT2D eigenvalue weighted by molar-refractivity contribution is -0.131. The molecule has 0 N–H and O–H groups in total. The van der Waals surface area contributed by atoms with Gasteiger partial charge in [-0.2, -0.15) is 0 Å². The predicted molar refractivity (Wildman–Crippen MR) is 72.7 cm³/mol. The number of carbonyl (C=O) groups excluding carboxylic acids is 1. The summed E-state index contributed by atoms with van der Waals surface area (Å²) in [5.74, 6) is -0.556. The Morgan fingerprint density at radius 2 is 1.79 bits per heavy atom. The lowest BCUT2D eigenvalue weighted by atomic mass is 10.0. The van der Waals surface area contributed by atoms with Crippen LogP contribution in [0.4, 0.5) is 4.39 Å². The normalized spacial score (nSPS) is 10.8. The number of halogens is 1. The average molecular weight is 254 g/mol. The van der Waals surface area contributed by atoms with Crippen LogP contribution in [-0.2, 0) is 4.79 Å². The lowest BCUT2D eigenvalue weighted by Gasteiger charge is -2.11. The predicted octanol–water partition coefficient (Wildman–Crippen LogP) is 4.06. The monoisotopic (exact) mass is 254 g/mol. The van der Waals surface area contributed by atoms with Gasteiger partial charge in [0, 0.05) is 12.3 Å². The van der Waals surface area contributed by atoms with Crippen LogP contribution < -0.4 is 4.74 Å². The minimum Gasteiger partial charge on any atom is -0.425 e. The van der Waals surface area contributed by atoms with Crippen LogP contribution in [0.5, 0.6) is 5.75 Å². The third-order valence-electron chi connectivity index (χ3n) is 3.04. The largest absolute Gasteiger partial charge is 0.425 e. The van der Waals surface area contributed by atoms with Crippen LogP contribution in [-0.4, -0.2) is 5.97 Å². The number of fused-ring (bicyclic) bond motifs is 2. The van der Waals surface area contributed by atoms with Crippen molar-refractivity contribution in [1.82, 2.24) is 0 Å². The zero-order chi connectivity index (χ0) is 13.4. The smallest absolute Gasteiger partial charge is 0.308 e. The zero-order valence-corrected chi connectivity index (χ0v) is 10.3. The first-order chi connectivity index (χ1) is 9.16. The molecule has 0 fully saturated rings. The van der Waals surface area contributed by atoms with Crippen molar-refractivity contribution < 1.29 is 13.9 Å². The molecule has 3 aromatic rings. The van der Waals surface area contributed by atoms with Gasteiger partial charge in [-0.25, -0.2) is 4.39 Å². The molecule has 2 nitrogen and oxygen atoms in total. The maximum Gasteiger partial charge on any atom is 0.308 e. The number of benzene rings is 3. The van der Waals surface area contributed by atoms with E-state index in [9.17, 15) is 9.18 Å². The summed E-state index contributed by atoms with van der Waals surface area (Å²) in [7, 11) is 0. The quantitative estimate of drug-likeness (QED) is 0.372. The van der Waals surface area contributed by atoms with Crippen molar-refractivity contribution in [2.75, 3.05) is 0 Å². The van der Waals surface area contributed by atoms with Crippen molar-refractivity contribution in [3.8, 4) is 5.75 Å². The number of hydrogen-bond acceptors (Lipinski definition) is 2. The SMILES string of the molecule is CC(=O)Oc1c2ccccc2cc2cccc(F)c12. The number of hydrogen-bond donors (Lipinski definition) is 0. The van der Waals surface area contributed by atoms with Crippen LogP contribution in [0.2, 0.25) is 0 Å². The molecule has 0 aliphatic heterocycles. The fraction of sp³-hybridized carbons (Fsp3) is 0.0625. The second-order valence-electron chi connectivity index (χ2n) is 4.36. The fourth-order valence-corrected chi connectivity index (χ4v) is 2.28. The van der Waals surface area contributed by atoms with Crippen LogP contribution in [0.25, 0.3) is 21.5 Å². The van der Waals surface area contributed by atoms with Crippen LogP contribution >= 0.6 is 0 Å². The summed E-state index contributed by atoms with van der Waals surface area (Å²) < 4.78 is 19.3. The van der Waals surface area contributed by atoms with Crippen molar-refractivity contribution in [3.05, 3.63) is 54.3 Å². The molecule has 3 heteroatoms. The molecular formula is C16H11FO2. The van der Waals surface area contributed by atoms with Gasteiger partial charge in [0.05, 0.1) is 5.39 Å². The number of esters is 1. The minimum absolute atomic E-state index is 0.290. The summed E-state index contributed by atoms with van der Waals surface area (Å²) in [4.78, 5) is 11.3. The molecule has 0 saturated carbocycles. The van der Waals surface area contributed by atoms with E-state index in [1.165, 1.54) is 13.0 Å². The Labute approximate surface area is 109 Å². The molecule has 0 atom stereocenters. The molecular weight excluding hydrogens is 243 g/mol. The second kappa shape index (κ2) is 4.35. The minimum atomic E-state index is -0.457. The maximum absolute atomic E-state index is 14.0. The van der Waals surface area contributed by atoms with Crippen molar-refractivity contribution in [2.24, 2.45) is 0 Å². The molecule has 0 spiro atoms. The maximum atomic E-state index is 14.0. The topological polar surface area (TPSA) is 26.3 Å². The van der Waals surface area contributed by atoms with E-state index in [2.05, 4.69) is 0 Å². The van der Waals surface area contributed by atoms with Crippen molar-refractivity contribution in [1.29, 1.82) is 0 Å². The highest BCUT2D eigenvalue weighted by molar-refractivity contribution is 6.06. The standard InChI is InChI=1S/C16H11FO2/c1-10(18)19-16-13-7-3-2-5-11(13)9-12-6-4-8-14(17)15(12)16/h2-9H,1H3. The Morgan fingerprint density at radius 3 is 2.58 bits per heavy atom. The Kier molecular flexibility index (Phi) is 2.67. The third-order valence-corrected chi connectivity index (χ3v) is 3.04. The van der Waals surface area contributed by atoms with E-state index in [0.29, 0.717) is 11.1 Å². The van der Waals surface area contributed by atoms with Crippen LogP contribution in [0.1, 0.15) is 6.92 Å². The molecule has 0 unspecified atom stereocenters. The average Bonchev–Trinajstić information content (AvgIpc) is 2.38. The summed E-state index contributed by atoms with van der Waals surface area (Å²) >= 11 is 0. The Balaban J connectivity index is 2.50. The van der Waals surface area contributed by atoms with Crippen LogP contribution in [0.3, 0.4) is 0 Å². The van der Waals surface area contributed by atoms with E-state index >= 15 is 0 Å². The highest BCUT2D eigenvalue weighted by Crippen LogP contribution is 2.36. The van der Waals surface area contributed by atoms with E-state index in [0.717, 1.165) is 16.2 Å². The highest BCUT2D eigenvalue weighted by atomic mass is 19.1. The molecule has 0 heterocycles. The molecule has 3 rings (SSSR count). The van der Waals surface area contributed by atoms with Gasteiger partial charge in [-0.05, 0) is 22.9 Å². The summed E-state index contributed by atoms with van der Waals surface area (Å²) in [6.45, 7) is 1.31. The molecule has 0 radical (unpaired) electrons. The lowest BCUT2D eigenvalue weighted by Crippen LogP contribution is -2.03. The molecule has 19 heavy (non-hydrogen) atoms. The highest BCUT2D eigenvalue weighted by Gasteiger charge is 2.13. The van der Waals surface area contributed by atoms with Gasteiger partial charge in [0.2, 0.25) is 0 Å². The van der Waals surface area contributed by atoms with E-state index in [1.54, 1.807) is 12.1 Å². The van der Waals surface area contributed by atoms with Crippen LogP contribution in [0, 0.1) is 5.82 Å². The third kappa shape index (κ3) is 1.93. The van der Waals surface area contributed by atoms with Gasteiger partial charge in [-0.1, -0.05) is 36.4 Å². The number of carbonyl (C=O) groups is 1. The van der Waals surface area contributed by atoms with Gasteiger partial charge in [0.15, 0.2) is 0 Å². The number of ether oxygens (including phenoxy) is 1. The van der Waals surface area contributed by atoms with Gasteiger partial charge in [0.1, 0.15) is 11.6 Å². The molecule has 0 bridgehead atoms. The van der Waals surface area contributed by atoms with Crippen molar-refractivity contribution in [2.45, 2.75) is 6.92 Å². The zero-order valence-electron chi connectivity index (χ0n) is 10.3. The second-order valence-corrected chi connectivity index (χ2v) is 4.36.